The first-order chi connectivity index (χ1) is 6.79. The van der Waals surface area contributed by atoms with E-state index in [1.807, 2.05) is 0 Å². The molecule has 0 saturated carbocycles. The van der Waals surface area contributed by atoms with Crippen LogP contribution in [0, 0.1) is 15.9 Å². The number of hydrogen-bond donors (Lipinski definition) is 0. The Morgan fingerprint density at radius 3 is 2.53 bits per heavy atom. The zero-order chi connectivity index (χ0) is 11.6. The second-order valence-corrected chi connectivity index (χ2v) is 5.24. The van der Waals surface area contributed by atoms with E-state index in [9.17, 15) is 22.9 Å². The molecule has 0 aromatic heterocycles. The van der Waals surface area contributed by atoms with Crippen molar-refractivity contribution in [1.82, 2.24) is 0 Å². The van der Waals surface area contributed by atoms with E-state index >= 15 is 0 Å². The van der Waals surface area contributed by atoms with Crippen LogP contribution < -0.4 is 0 Å². The van der Waals surface area contributed by atoms with Gasteiger partial charge in [0.1, 0.15) is 5.82 Å². The summed E-state index contributed by atoms with van der Waals surface area (Å²) in [6.07, 6.45) is 0.936. The average Bonchev–Trinajstić information content (AvgIpc) is 2.06. The van der Waals surface area contributed by atoms with E-state index in [-0.39, 0.29) is 11.3 Å². The molecule has 0 spiro atoms. The van der Waals surface area contributed by atoms with Crippen LogP contribution in [0.15, 0.2) is 18.2 Å². The van der Waals surface area contributed by atoms with Gasteiger partial charge in [-0.2, -0.15) is 0 Å². The molecule has 0 saturated heterocycles. The van der Waals surface area contributed by atoms with Crippen LogP contribution in [0.5, 0.6) is 0 Å². The van der Waals surface area contributed by atoms with Gasteiger partial charge < -0.3 is 0 Å². The van der Waals surface area contributed by atoms with Crippen molar-refractivity contribution in [2.75, 3.05) is 6.26 Å². The van der Waals surface area contributed by atoms with Crippen LogP contribution in [0.25, 0.3) is 0 Å². The van der Waals surface area contributed by atoms with Crippen molar-refractivity contribution in [2.45, 2.75) is 5.75 Å². The van der Waals surface area contributed by atoms with Gasteiger partial charge in [-0.15, -0.1) is 0 Å². The minimum Gasteiger partial charge on any atom is -0.258 e. The highest BCUT2D eigenvalue weighted by Crippen LogP contribution is 2.18. The number of benzene rings is 1. The lowest BCUT2D eigenvalue weighted by molar-refractivity contribution is -0.385. The first-order valence-electron chi connectivity index (χ1n) is 3.90. The molecule has 0 amide bonds. The van der Waals surface area contributed by atoms with Crippen molar-refractivity contribution in [1.29, 1.82) is 0 Å². The molecule has 0 aliphatic carbocycles. The fourth-order valence-corrected chi connectivity index (χ4v) is 1.85. The van der Waals surface area contributed by atoms with Crippen molar-refractivity contribution < 1.29 is 17.7 Å². The van der Waals surface area contributed by atoms with Crippen LogP contribution in [0.1, 0.15) is 5.56 Å². The molecular weight excluding hydrogens is 225 g/mol. The largest absolute Gasteiger partial charge is 0.269 e. The molecule has 1 rings (SSSR count). The van der Waals surface area contributed by atoms with E-state index < -0.39 is 26.3 Å². The zero-order valence-electron chi connectivity index (χ0n) is 7.81. The van der Waals surface area contributed by atoms with Gasteiger partial charge in [0.05, 0.1) is 10.7 Å². The number of hydrogen-bond acceptors (Lipinski definition) is 4. The summed E-state index contributed by atoms with van der Waals surface area (Å²) in [4.78, 5) is 9.66. The SMILES string of the molecule is CS(=O)(=O)Cc1cc([N+](=O)[O-])ccc1F. The molecule has 15 heavy (non-hydrogen) atoms. The van der Waals surface area contributed by atoms with Gasteiger partial charge >= 0.3 is 0 Å². The molecule has 7 heteroatoms. The maximum absolute atomic E-state index is 13.1. The number of nitrogens with zero attached hydrogens (tertiary/aromatic N) is 1. The van der Waals surface area contributed by atoms with Crippen LogP contribution >= 0.6 is 0 Å². The molecular formula is C8H8FNO4S. The molecule has 1 aromatic rings. The Bertz CT molecular complexity index is 497. The molecule has 0 aliphatic heterocycles. The minimum atomic E-state index is -3.40. The summed E-state index contributed by atoms with van der Waals surface area (Å²) in [6, 6.07) is 2.80. The third kappa shape index (κ3) is 3.28. The quantitative estimate of drug-likeness (QED) is 0.582. The highest BCUT2D eigenvalue weighted by molar-refractivity contribution is 7.89. The molecule has 0 aliphatic rings. The van der Waals surface area contributed by atoms with Crippen molar-refractivity contribution in [3.63, 3.8) is 0 Å². The lowest BCUT2D eigenvalue weighted by Gasteiger charge is -2.01. The second kappa shape index (κ2) is 3.93. The summed E-state index contributed by atoms with van der Waals surface area (Å²) >= 11 is 0. The third-order valence-electron chi connectivity index (χ3n) is 1.66. The molecule has 0 fully saturated rings. The topological polar surface area (TPSA) is 77.3 Å². The molecule has 82 valence electrons. The first kappa shape index (κ1) is 11.6. The van der Waals surface area contributed by atoms with Crippen LogP contribution in [0.2, 0.25) is 0 Å². The van der Waals surface area contributed by atoms with Crippen molar-refractivity contribution in [3.05, 3.63) is 39.7 Å². The summed E-state index contributed by atoms with van der Waals surface area (Å²) in [5.74, 6) is -1.30. The molecule has 0 N–H and O–H groups in total. The monoisotopic (exact) mass is 233 g/mol. The van der Waals surface area contributed by atoms with Gasteiger partial charge in [-0.05, 0) is 6.07 Å². The first-order valence-corrected chi connectivity index (χ1v) is 5.96. The maximum atomic E-state index is 13.1. The molecule has 0 radical (unpaired) electrons. The Morgan fingerprint density at radius 1 is 1.47 bits per heavy atom. The van der Waals surface area contributed by atoms with Crippen LogP contribution in [-0.2, 0) is 15.6 Å². The summed E-state index contributed by atoms with van der Waals surface area (Å²) in [7, 11) is -3.40. The highest BCUT2D eigenvalue weighted by Gasteiger charge is 2.14. The fourth-order valence-electron chi connectivity index (χ4n) is 1.07. The second-order valence-electron chi connectivity index (χ2n) is 3.10. The Morgan fingerprint density at radius 2 is 2.07 bits per heavy atom. The summed E-state index contributed by atoms with van der Waals surface area (Å²) in [6.45, 7) is 0. The average molecular weight is 233 g/mol. The van der Waals surface area contributed by atoms with Gasteiger partial charge in [0, 0.05) is 24.0 Å². The van der Waals surface area contributed by atoms with Crippen LogP contribution in [-0.4, -0.2) is 19.6 Å². The van der Waals surface area contributed by atoms with E-state index in [1.54, 1.807) is 0 Å². The lowest BCUT2D eigenvalue weighted by Crippen LogP contribution is -2.03. The highest BCUT2D eigenvalue weighted by atomic mass is 32.2. The smallest absolute Gasteiger partial charge is 0.258 e. The van der Waals surface area contributed by atoms with E-state index in [4.69, 9.17) is 0 Å². The van der Waals surface area contributed by atoms with E-state index in [0.29, 0.717) is 0 Å². The number of nitro groups is 1. The van der Waals surface area contributed by atoms with E-state index in [1.165, 1.54) is 0 Å². The molecule has 0 bridgehead atoms. The number of sulfone groups is 1. The molecule has 5 nitrogen and oxygen atoms in total. The van der Waals surface area contributed by atoms with Crippen molar-refractivity contribution in [3.8, 4) is 0 Å². The molecule has 1 aromatic carbocycles. The number of rotatable bonds is 3. The van der Waals surface area contributed by atoms with Gasteiger partial charge in [0.15, 0.2) is 9.84 Å². The predicted molar refractivity (Wildman–Crippen MR) is 51.6 cm³/mol. The minimum absolute atomic E-state index is 0.188. The summed E-state index contributed by atoms with van der Waals surface area (Å²) in [5, 5.41) is 10.4. The Labute approximate surface area is 85.6 Å². The van der Waals surface area contributed by atoms with Gasteiger partial charge in [0.2, 0.25) is 0 Å². The Hall–Kier alpha value is -1.50. The van der Waals surface area contributed by atoms with Crippen molar-refractivity contribution >= 4 is 15.5 Å². The van der Waals surface area contributed by atoms with Crippen molar-refractivity contribution in [2.24, 2.45) is 0 Å². The molecule has 0 unspecified atom stereocenters. The lowest BCUT2D eigenvalue weighted by atomic mass is 10.2. The molecule has 0 atom stereocenters. The number of halogens is 1. The number of nitro benzene ring substituents is 1. The zero-order valence-corrected chi connectivity index (χ0v) is 8.62. The third-order valence-corrected chi connectivity index (χ3v) is 2.49. The van der Waals surface area contributed by atoms with Crippen LogP contribution in [0.4, 0.5) is 10.1 Å². The number of non-ortho nitro benzene ring substituents is 1. The Kier molecular flexibility index (Phi) is 3.04. The van der Waals surface area contributed by atoms with Gasteiger partial charge in [0.25, 0.3) is 5.69 Å². The fraction of sp³-hybridized carbons (Fsp3) is 0.250. The van der Waals surface area contributed by atoms with Gasteiger partial charge in [-0.3, -0.25) is 10.1 Å². The van der Waals surface area contributed by atoms with Gasteiger partial charge in [-0.25, -0.2) is 12.8 Å². The van der Waals surface area contributed by atoms with E-state index in [2.05, 4.69) is 0 Å². The summed E-state index contributed by atoms with van der Waals surface area (Å²) < 4.78 is 34.9. The normalized spacial score (nSPS) is 11.3. The summed E-state index contributed by atoms with van der Waals surface area (Å²) in [5.41, 5.74) is -0.512. The van der Waals surface area contributed by atoms with E-state index in [0.717, 1.165) is 24.5 Å². The standard InChI is InChI=1S/C8H8FNO4S/c1-15(13,14)5-6-4-7(10(11)12)2-3-8(6)9/h2-4H,5H2,1H3. The Balaban J connectivity index is 3.17. The van der Waals surface area contributed by atoms with Gasteiger partial charge in [-0.1, -0.05) is 0 Å². The molecule has 0 heterocycles. The van der Waals surface area contributed by atoms with Crippen LogP contribution in [0.3, 0.4) is 0 Å². The predicted octanol–water partition coefficient (Wildman–Crippen LogP) is 1.28. The maximum Gasteiger partial charge on any atom is 0.269 e.